The SMILES string of the molecule is COc1ncc(C2(O)CCN(Cc3ccc(OC)c(C)c3C)CC2)c(OC)n1. The smallest absolute Gasteiger partial charge is 0.319 e. The van der Waals surface area contributed by atoms with Crippen molar-refractivity contribution in [1.29, 1.82) is 0 Å². The molecule has 0 atom stereocenters. The Morgan fingerprint density at radius 3 is 2.36 bits per heavy atom. The molecule has 7 nitrogen and oxygen atoms in total. The van der Waals surface area contributed by atoms with Crippen molar-refractivity contribution >= 4 is 0 Å². The zero-order chi connectivity index (χ0) is 20.3. The second-order valence-electron chi connectivity index (χ2n) is 7.26. The van der Waals surface area contributed by atoms with Crippen molar-refractivity contribution in [3.8, 4) is 17.6 Å². The van der Waals surface area contributed by atoms with Crippen LogP contribution in [0, 0.1) is 13.8 Å². The Bertz CT molecular complexity index is 833. The Balaban J connectivity index is 1.72. The van der Waals surface area contributed by atoms with Crippen molar-refractivity contribution < 1.29 is 19.3 Å². The highest BCUT2D eigenvalue weighted by Gasteiger charge is 2.37. The van der Waals surface area contributed by atoms with E-state index in [2.05, 4.69) is 34.8 Å². The van der Waals surface area contributed by atoms with Crippen molar-refractivity contribution in [3.05, 3.63) is 40.6 Å². The number of piperidine rings is 1. The number of aliphatic hydroxyl groups is 1. The second-order valence-corrected chi connectivity index (χ2v) is 7.26. The first-order chi connectivity index (χ1) is 13.4. The zero-order valence-corrected chi connectivity index (χ0v) is 17.3. The molecule has 2 aromatic rings. The number of aromatic nitrogens is 2. The van der Waals surface area contributed by atoms with E-state index < -0.39 is 5.60 Å². The van der Waals surface area contributed by atoms with Crippen LogP contribution in [0.4, 0.5) is 0 Å². The van der Waals surface area contributed by atoms with Crippen molar-refractivity contribution in [2.24, 2.45) is 0 Å². The maximum Gasteiger partial charge on any atom is 0.319 e. The van der Waals surface area contributed by atoms with Gasteiger partial charge in [-0.3, -0.25) is 4.90 Å². The number of rotatable bonds is 6. The van der Waals surface area contributed by atoms with Gasteiger partial charge in [-0.15, -0.1) is 0 Å². The summed E-state index contributed by atoms with van der Waals surface area (Å²) in [5, 5.41) is 11.2. The minimum absolute atomic E-state index is 0.229. The van der Waals surface area contributed by atoms with Gasteiger partial charge in [0.15, 0.2) is 0 Å². The molecule has 0 spiro atoms. The molecular formula is C21H29N3O4. The summed E-state index contributed by atoms with van der Waals surface area (Å²) >= 11 is 0. The highest BCUT2D eigenvalue weighted by molar-refractivity contribution is 5.43. The number of likely N-dealkylation sites (tertiary alicyclic amines) is 1. The van der Waals surface area contributed by atoms with E-state index in [4.69, 9.17) is 14.2 Å². The van der Waals surface area contributed by atoms with Crippen LogP contribution in [0.2, 0.25) is 0 Å². The summed E-state index contributed by atoms with van der Waals surface area (Å²) in [6, 6.07) is 4.38. The summed E-state index contributed by atoms with van der Waals surface area (Å²) in [7, 11) is 4.74. The van der Waals surface area contributed by atoms with Crippen LogP contribution < -0.4 is 14.2 Å². The fourth-order valence-corrected chi connectivity index (χ4v) is 3.76. The summed E-state index contributed by atoms with van der Waals surface area (Å²) < 4.78 is 15.8. The maximum absolute atomic E-state index is 11.2. The first-order valence-electron chi connectivity index (χ1n) is 9.45. The summed E-state index contributed by atoms with van der Waals surface area (Å²) in [6.07, 6.45) is 2.79. The predicted octanol–water partition coefficient (Wildman–Crippen LogP) is 2.60. The molecule has 1 aromatic heterocycles. The molecule has 1 aliphatic rings. The van der Waals surface area contributed by atoms with Gasteiger partial charge in [0.05, 0.1) is 32.5 Å². The topological polar surface area (TPSA) is 76.9 Å². The third kappa shape index (κ3) is 3.91. The van der Waals surface area contributed by atoms with Gasteiger partial charge in [0, 0.05) is 25.8 Å². The number of hydrogen-bond donors (Lipinski definition) is 1. The first-order valence-corrected chi connectivity index (χ1v) is 9.45. The lowest BCUT2D eigenvalue weighted by molar-refractivity contribution is -0.0300. The summed E-state index contributed by atoms with van der Waals surface area (Å²) in [6.45, 7) is 6.62. The molecule has 7 heteroatoms. The van der Waals surface area contributed by atoms with E-state index in [9.17, 15) is 5.11 Å². The normalized spacial score (nSPS) is 16.6. The number of methoxy groups -OCH3 is 3. The first kappa shape index (κ1) is 20.4. The minimum Gasteiger partial charge on any atom is -0.496 e. The average molecular weight is 387 g/mol. The molecule has 0 bridgehead atoms. The molecule has 1 saturated heterocycles. The lowest BCUT2D eigenvalue weighted by Gasteiger charge is -2.38. The van der Waals surface area contributed by atoms with Crippen LogP contribution in [-0.2, 0) is 12.1 Å². The third-order valence-corrected chi connectivity index (χ3v) is 5.76. The maximum atomic E-state index is 11.2. The number of nitrogens with zero attached hydrogens (tertiary/aromatic N) is 3. The molecule has 1 N–H and O–H groups in total. The summed E-state index contributed by atoms with van der Waals surface area (Å²) in [5.74, 6) is 1.28. The van der Waals surface area contributed by atoms with Gasteiger partial charge in [-0.25, -0.2) is 4.98 Å². The standard InChI is InChI=1S/C21H29N3O4/c1-14-15(2)18(26-3)7-6-16(14)13-24-10-8-21(25,9-11-24)17-12-22-20(28-5)23-19(17)27-4/h6-7,12,25H,8-11,13H2,1-5H3. The lowest BCUT2D eigenvalue weighted by Crippen LogP contribution is -2.42. The molecule has 2 heterocycles. The molecule has 152 valence electrons. The van der Waals surface area contributed by atoms with Gasteiger partial charge < -0.3 is 19.3 Å². The van der Waals surface area contributed by atoms with E-state index in [0.29, 0.717) is 24.3 Å². The van der Waals surface area contributed by atoms with E-state index in [1.165, 1.54) is 23.8 Å². The fourth-order valence-electron chi connectivity index (χ4n) is 3.76. The summed E-state index contributed by atoms with van der Waals surface area (Å²) in [4.78, 5) is 10.7. The molecule has 28 heavy (non-hydrogen) atoms. The van der Waals surface area contributed by atoms with Crippen LogP contribution in [0.5, 0.6) is 17.6 Å². The van der Waals surface area contributed by atoms with Gasteiger partial charge in [0.25, 0.3) is 0 Å². The van der Waals surface area contributed by atoms with Crippen molar-refractivity contribution in [1.82, 2.24) is 14.9 Å². The number of ether oxygens (including phenoxy) is 3. The van der Waals surface area contributed by atoms with Crippen LogP contribution in [-0.4, -0.2) is 54.4 Å². The fraction of sp³-hybridized carbons (Fsp3) is 0.524. The number of benzene rings is 1. The number of hydrogen-bond acceptors (Lipinski definition) is 7. The Morgan fingerprint density at radius 1 is 1.04 bits per heavy atom. The third-order valence-electron chi connectivity index (χ3n) is 5.76. The van der Waals surface area contributed by atoms with E-state index in [0.717, 1.165) is 25.4 Å². The molecule has 1 aliphatic heterocycles. The molecule has 0 radical (unpaired) electrons. The van der Waals surface area contributed by atoms with Crippen LogP contribution >= 0.6 is 0 Å². The predicted molar refractivity (Wildman–Crippen MR) is 106 cm³/mol. The molecule has 1 fully saturated rings. The minimum atomic E-state index is -1.00. The average Bonchev–Trinajstić information content (AvgIpc) is 2.72. The van der Waals surface area contributed by atoms with Crippen LogP contribution in [0.1, 0.15) is 35.1 Å². The Hall–Kier alpha value is -2.38. The Kier molecular flexibility index (Phi) is 6.05. The molecule has 0 saturated carbocycles. The van der Waals surface area contributed by atoms with E-state index in [1.807, 2.05) is 6.07 Å². The molecule has 0 aliphatic carbocycles. The molecule has 0 unspecified atom stereocenters. The highest BCUT2D eigenvalue weighted by atomic mass is 16.5. The van der Waals surface area contributed by atoms with Crippen molar-refractivity contribution in [2.75, 3.05) is 34.4 Å². The van der Waals surface area contributed by atoms with Gasteiger partial charge in [-0.05, 0) is 49.4 Å². The quantitative estimate of drug-likeness (QED) is 0.816. The van der Waals surface area contributed by atoms with Gasteiger partial charge >= 0.3 is 6.01 Å². The molecule has 1 aromatic carbocycles. The van der Waals surface area contributed by atoms with E-state index in [1.54, 1.807) is 20.4 Å². The van der Waals surface area contributed by atoms with Crippen LogP contribution in [0.3, 0.4) is 0 Å². The lowest BCUT2D eigenvalue weighted by atomic mass is 9.85. The van der Waals surface area contributed by atoms with E-state index in [-0.39, 0.29) is 6.01 Å². The van der Waals surface area contributed by atoms with Crippen LogP contribution in [0.15, 0.2) is 18.3 Å². The second kappa shape index (κ2) is 8.32. The monoisotopic (exact) mass is 387 g/mol. The van der Waals surface area contributed by atoms with Crippen molar-refractivity contribution in [3.63, 3.8) is 0 Å². The molecular weight excluding hydrogens is 358 g/mol. The summed E-state index contributed by atoms with van der Waals surface area (Å²) in [5.41, 5.74) is 3.33. The Morgan fingerprint density at radius 2 is 1.75 bits per heavy atom. The van der Waals surface area contributed by atoms with Gasteiger partial charge in [-0.1, -0.05) is 6.07 Å². The zero-order valence-electron chi connectivity index (χ0n) is 17.3. The molecule has 0 amide bonds. The largest absolute Gasteiger partial charge is 0.496 e. The highest BCUT2D eigenvalue weighted by Crippen LogP contribution is 2.38. The van der Waals surface area contributed by atoms with Crippen molar-refractivity contribution in [2.45, 2.75) is 38.8 Å². The van der Waals surface area contributed by atoms with Gasteiger partial charge in [-0.2, -0.15) is 4.98 Å². The molecule has 3 rings (SSSR count). The van der Waals surface area contributed by atoms with Gasteiger partial charge in [0.1, 0.15) is 5.75 Å². The van der Waals surface area contributed by atoms with Crippen LogP contribution in [0.25, 0.3) is 0 Å². The van der Waals surface area contributed by atoms with Gasteiger partial charge in [0.2, 0.25) is 5.88 Å². The van der Waals surface area contributed by atoms with E-state index >= 15 is 0 Å². The Labute approximate surface area is 166 Å².